The average Bonchev–Trinajstić information content (AvgIpc) is 1.70. The monoisotopic (exact) mass is 253 g/mol. The van der Waals surface area contributed by atoms with E-state index in [1.807, 2.05) is 0 Å². The predicted molar refractivity (Wildman–Crippen MR) is 46.5 cm³/mol. The molecule has 0 spiro atoms. The maximum absolute atomic E-state index is 7.18. The maximum atomic E-state index is 7.18. The van der Waals surface area contributed by atoms with Gasteiger partial charge in [0.1, 0.15) is 5.40 Å². The molecule has 0 aliphatic rings. The summed E-state index contributed by atoms with van der Waals surface area (Å²) in [4.78, 5) is 0. The summed E-state index contributed by atoms with van der Waals surface area (Å²) in [5.41, 5.74) is 0. The molecular formula is C3HK2N3S3. The third kappa shape index (κ3) is 198. The summed E-state index contributed by atoms with van der Waals surface area (Å²) in [6.45, 7) is 0. The van der Waals surface area contributed by atoms with E-state index in [-0.39, 0.29) is 103 Å². The Labute approximate surface area is 167 Å². The minimum absolute atomic E-state index is 0. The fourth-order valence-corrected chi connectivity index (χ4v) is 0. The quantitative estimate of drug-likeness (QED) is 0.156. The molecule has 0 fully saturated rings. The third-order valence-electron chi connectivity index (χ3n) is 0. The van der Waals surface area contributed by atoms with Gasteiger partial charge in [-0.05, 0) is 0 Å². The van der Waals surface area contributed by atoms with E-state index in [9.17, 15) is 0 Å². The number of nitriles is 1. The zero-order valence-electron chi connectivity index (χ0n) is 6.11. The first-order valence-electron chi connectivity index (χ1n) is 1.30. The van der Waals surface area contributed by atoms with E-state index in [1.54, 1.807) is 0 Å². The first-order valence-corrected chi connectivity index (χ1v) is 2.57. The van der Waals surface area contributed by atoms with Crippen LogP contribution in [0, 0.1) is 10.7 Å². The summed E-state index contributed by atoms with van der Waals surface area (Å²) in [5, 5.41) is 25.6. The van der Waals surface area contributed by atoms with Crippen LogP contribution in [0.25, 0.3) is 10.8 Å². The van der Waals surface area contributed by atoms with E-state index < -0.39 is 0 Å². The minimum Gasteiger partial charge on any atom is -0.753 e. The smallest absolute Gasteiger partial charge is 0.753 e. The SMILES string of the molecule is N#CS.[K+].[K+].[N-]=C=S.[N-]=C=S. The van der Waals surface area contributed by atoms with Crippen molar-refractivity contribution in [2.75, 3.05) is 0 Å². The number of rotatable bonds is 0. The maximum Gasteiger partial charge on any atom is 1.00 e. The van der Waals surface area contributed by atoms with Gasteiger partial charge in [0.2, 0.25) is 0 Å². The van der Waals surface area contributed by atoms with E-state index in [4.69, 9.17) is 16.1 Å². The molecule has 0 bridgehead atoms. The fourth-order valence-electron chi connectivity index (χ4n) is 0. The van der Waals surface area contributed by atoms with Crippen LogP contribution in [0.4, 0.5) is 0 Å². The van der Waals surface area contributed by atoms with Crippen LogP contribution in [0.2, 0.25) is 0 Å². The third-order valence-corrected chi connectivity index (χ3v) is 0. The van der Waals surface area contributed by atoms with Gasteiger partial charge >= 0.3 is 103 Å². The normalized spacial score (nSPS) is 2.18. The van der Waals surface area contributed by atoms with Crippen molar-refractivity contribution in [3.63, 3.8) is 0 Å². The largest absolute Gasteiger partial charge is 1.00 e. The molecule has 0 aromatic rings. The number of thiol groups is 1. The van der Waals surface area contributed by atoms with E-state index in [0.29, 0.717) is 0 Å². The Hall–Kier alpha value is 2.71. The van der Waals surface area contributed by atoms with Crippen molar-refractivity contribution in [2.24, 2.45) is 0 Å². The molecule has 0 saturated carbocycles. The van der Waals surface area contributed by atoms with Crippen LogP contribution in [0.1, 0.15) is 0 Å². The molecule has 0 heterocycles. The molecule has 0 unspecified atom stereocenters. The van der Waals surface area contributed by atoms with Gasteiger partial charge in [0.25, 0.3) is 0 Å². The Balaban J connectivity index is -0.0000000150. The molecular weight excluding hydrogens is 252 g/mol. The topological polar surface area (TPSA) is 68.4 Å². The van der Waals surface area contributed by atoms with Gasteiger partial charge in [-0.1, -0.05) is 37.1 Å². The molecule has 0 rings (SSSR count). The predicted octanol–water partition coefficient (Wildman–Crippen LogP) is -4.28. The van der Waals surface area contributed by atoms with Crippen LogP contribution in [0.3, 0.4) is 0 Å². The van der Waals surface area contributed by atoms with Crippen molar-refractivity contribution < 1.29 is 103 Å². The van der Waals surface area contributed by atoms with Crippen LogP contribution in [0.15, 0.2) is 0 Å². The molecule has 0 saturated heterocycles. The van der Waals surface area contributed by atoms with Crippen LogP contribution in [-0.4, -0.2) is 10.3 Å². The Bertz CT molecular complexity index is 130. The fraction of sp³-hybridized carbons (Fsp3) is 0. The van der Waals surface area contributed by atoms with Gasteiger partial charge < -0.3 is 10.8 Å². The summed E-state index contributed by atoms with van der Waals surface area (Å²) in [6.07, 6.45) is 0. The Kier molecular flexibility index (Phi) is 142. The van der Waals surface area contributed by atoms with Gasteiger partial charge in [-0.3, -0.25) is 0 Å². The molecule has 11 heavy (non-hydrogen) atoms. The zero-order valence-corrected chi connectivity index (χ0v) is 14.9. The molecule has 0 N–H and O–H groups in total. The zero-order chi connectivity index (χ0) is 8.12. The van der Waals surface area contributed by atoms with Gasteiger partial charge in [-0.25, -0.2) is 0 Å². The summed E-state index contributed by atoms with van der Waals surface area (Å²) >= 11 is 10.5. The summed E-state index contributed by atoms with van der Waals surface area (Å²) in [6, 6.07) is 0. The van der Waals surface area contributed by atoms with Crippen molar-refractivity contribution in [1.29, 1.82) is 5.26 Å². The van der Waals surface area contributed by atoms with E-state index in [1.165, 1.54) is 15.7 Å². The first-order chi connectivity index (χ1) is 4.24. The number of thiocarbonyl (C=S) groups is 2. The van der Waals surface area contributed by atoms with E-state index in [0.717, 1.165) is 0 Å². The molecule has 0 aliphatic heterocycles. The Morgan fingerprint density at radius 3 is 1.09 bits per heavy atom. The number of isothiocyanates is 2. The summed E-state index contributed by atoms with van der Waals surface area (Å²) < 4.78 is 0. The summed E-state index contributed by atoms with van der Waals surface area (Å²) in [5.74, 6) is 0. The van der Waals surface area contributed by atoms with Gasteiger partial charge in [0.15, 0.2) is 0 Å². The molecule has 0 aromatic carbocycles. The van der Waals surface area contributed by atoms with Crippen molar-refractivity contribution in [2.45, 2.75) is 0 Å². The molecule has 8 heteroatoms. The molecule has 3 nitrogen and oxygen atoms in total. The molecule has 0 radical (unpaired) electrons. The standard InChI is InChI=1S/CHNS.2CNS.2K/c3*2-1-3;;/h3H;;;;/q;2*-1;2*+1. The number of nitrogens with zero attached hydrogens (tertiary/aromatic N) is 3. The first kappa shape index (κ1) is 29.2. The molecule has 0 aromatic heterocycles. The second-order valence-electron chi connectivity index (χ2n) is 0.283. The minimum atomic E-state index is 0. The number of hydrogen-bond donors (Lipinski definition) is 1. The average molecular weight is 253 g/mol. The van der Waals surface area contributed by atoms with E-state index in [2.05, 4.69) is 37.1 Å². The van der Waals surface area contributed by atoms with Crippen LogP contribution >= 0.6 is 37.1 Å². The second-order valence-corrected chi connectivity index (χ2v) is 0.848. The molecule has 48 valence electrons. The second kappa shape index (κ2) is 53.4. The van der Waals surface area contributed by atoms with Crippen molar-refractivity contribution in [3.05, 3.63) is 10.8 Å². The van der Waals surface area contributed by atoms with Crippen LogP contribution in [-0.2, 0) is 0 Å². The number of hydrogen-bond acceptors (Lipinski definition) is 4. The van der Waals surface area contributed by atoms with Gasteiger partial charge in [0, 0.05) is 0 Å². The van der Waals surface area contributed by atoms with Crippen molar-refractivity contribution in [3.8, 4) is 5.40 Å². The molecule has 0 atom stereocenters. The van der Waals surface area contributed by atoms with Crippen LogP contribution in [0.5, 0.6) is 0 Å². The van der Waals surface area contributed by atoms with Gasteiger partial charge in [0.05, 0.1) is 0 Å². The number of thiocyanates is 1. The molecule has 0 amide bonds. The summed E-state index contributed by atoms with van der Waals surface area (Å²) in [7, 11) is 0. The van der Waals surface area contributed by atoms with Gasteiger partial charge in [-0.2, -0.15) is 15.6 Å². The Morgan fingerprint density at radius 2 is 1.09 bits per heavy atom. The Morgan fingerprint density at radius 1 is 1.09 bits per heavy atom. The van der Waals surface area contributed by atoms with E-state index >= 15 is 0 Å². The van der Waals surface area contributed by atoms with Crippen molar-refractivity contribution >= 4 is 47.4 Å². The molecule has 0 aliphatic carbocycles. The van der Waals surface area contributed by atoms with Gasteiger partial charge in [-0.15, -0.1) is 0 Å². The van der Waals surface area contributed by atoms with Crippen LogP contribution < -0.4 is 103 Å². The van der Waals surface area contributed by atoms with Crippen molar-refractivity contribution in [1.82, 2.24) is 0 Å².